The molecule has 2 bridgehead atoms. The lowest BCUT2D eigenvalue weighted by Gasteiger charge is -2.23. The molecule has 1 heterocycles. The van der Waals surface area contributed by atoms with Gasteiger partial charge in [-0.15, -0.1) is 0 Å². The van der Waals surface area contributed by atoms with Gasteiger partial charge in [0.2, 0.25) is 0 Å². The smallest absolute Gasteiger partial charge is 0.195 e. The second-order valence-electron chi connectivity index (χ2n) is 6.73. The van der Waals surface area contributed by atoms with E-state index in [4.69, 9.17) is 4.74 Å². The maximum atomic E-state index is 12.9. The van der Waals surface area contributed by atoms with E-state index in [0.717, 1.165) is 6.42 Å². The SMILES string of the molecule is CC1(C)CCC(C2=CC(=O)Cc3ccc(O)c(c3CO)C2=O)O1. The number of aliphatic hydroxyl groups is 1. The first-order valence-corrected chi connectivity index (χ1v) is 7.74. The van der Waals surface area contributed by atoms with Gasteiger partial charge in [0.1, 0.15) is 5.75 Å². The minimum atomic E-state index is -0.464. The van der Waals surface area contributed by atoms with Gasteiger partial charge >= 0.3 is 0 Å². The number of allylic oxidation sites excluding steroid dienone is 1. The first-order valence-electron chi connectivity index (χ1n) is 7.74. The van der Waals surface area contributed by atoms with Gasteiger partial charge in [-0.2, -0.15) is 0 Å². The van der Waals surface area contributed by atoms with Crippen LogP contribution in [-0.4, -0.2) is 33.5 Å². The van der Waals surface area contributed by atoms with Crippen molar-refractivity contribution in [2.75, 3.05) is 0 Å². The molecule has 0 radical (unpaired) electrons. The fraction of sp³-hybridized carbons (Fsp3) is 0.444. The highest BCUT2D eigenvalue weighted by molar-refractivity contribution is 6.16. The molecular formula is C18H20O5. The van der Waals surface area contributed by atoms with E-state index in [0.29, 0.717) is 17.5 Å². The normalized spacial score (nSPS) is 23.4. The maximum Gasteiger partial charge on any atom is 0.195 e. The van der Waals surface area contributed by atoms with Crippen molar-refractivity contribution in [2.45, 2.75) is 51.4 Å². The summed E-state index contributed by atoms with van der Waals surface area (Å²) < 4.78 is 5.90. The zero-order valence-corrected chi connectivity index (χ0v) is 13.3. The first kappa shape index (κ1) is 15.9. The number of ether oxygens (including phenoxy) is 1. The summed E-state index contributed by atoms with van der Waals surface area (Å²) in [5, 5.41) is 19.7. The van der Waals surface area contributed by atoms with Crippen LogP contribution in [0.3, 0.4) is 0 Å². The monoisotopic (exact) mass is 316 g/mol. The van der Waals surface area contributed by atoms with Crippen molar-refractivity contribution in [2.24, 2.45) is 0 Å². The highest BCUT2D eigenvalue weighted by Crippen LogP contribution is 2.37. The average molecular weight is 316 g/mol. The van der Waals surface area contributed by atoms with Gasteiger partial charge in [-0.25, -0.2) is 0 Å². The Morgan fingerprint density at radius 1 is 1.30 bits per heavy atom. The lowest BCUT2D eigenvalue weighted by atomic mass is 9.86. The molecule has 0 amide bonds. The molecule has 0 saturated carbocycles. The molecule has 1 aromatic rings. The van der Waals surface area contributed by atoms with Crippen molar-refractivity contribution >= 4 is 11.6 Å². The Hall–Kier alpha value is -1.98. The number of rotatable bonds is 2. The summed E-state index contributed by atoms with van der Waals surface area (Å²) in [6.45, 7) is 3.49. The Balaban J connectivity index is 2.10. The van der Waals surface area contributed by atoms with E-state index in [1.165, 1.54) is 12.1 Å². The summed E-state index contributed by atoms with van der Waals surface area (Å²) in [4.78, 5) is 25.2. The molecule has 2 aliphatic rings. The molecule has 0 spiro atoms. The van der Waals surface area contributed by atoms with Crippen molar-refractivity contribution in [1.82, 2.24) is 0 Å². The predicted molar refractivity (Wildman–Crippen MR) is 83.3 cm³/mol. The Morgan fingerprint density at radius 2 is 2.04 bits per heavy atom. The molecule has 5 nitrogen and oxygen atoms in total. The second kappa shape index (κ2) is 5.58. The number of hydrogen-bond acceptors (Lipinski definition) is 5. The van der Waals surface area contributed by atoms with Crippen LogP contribution in [0.2, 0.25) is 0 Å². The van der Waals surface area contributed by atoms with Crippen molar-refractivity contribution in [1.29, 1.82) is 0 Å². The zero-order valence-electron chi connectivity index (χ0n) is 13.3. The number of carbonyl (C=O) groups excluding carboxylic acids is 2. The topological polar surface area (TPSA) is 83.8 Å². The number of carbonyl (C=O) groups is 2. The fourth-order valence-corrected chi connectivity index (χ4v) is 3.34. The lowest BCUT2D eigenvalue weighted by molar-refractivity contribution is -0.114. The fourth-order valence-electron chi connectivity index (χ4n) is 3.34. The third-order valence-corrected chi connectivity index (χ3v) is 4.53. The van der Waals surface area contributed by atoms with E-state index in [1.54, 1.807) is 6.07 Å². The van der Waals surface area contributed by atoms with Crippen LogP contribution in [0.25, 0.3) is 0 Å². The minimum absolute atomic E-state index is 0.0806. The average Bonchev–Trinajstić information content (AvgIpc) is 2.84. The summed E-state index contributed by atoms with van der Waals surface area (Å²) in [6.07, 6.45) is 2.40. The molecule has 3 rings (SSSR count). The number of ketones is 2. The van der Waals surface area contributed by atoms with Gasteiger partial charge in [-0.3, -0.25) is 9.59 Å². The molecule has 5 heteroatoms. The first-order chi connectivity index (χ1) is 10.8. The Labute approximate surface area is 134 Å². The van der Waals surface area contributed by atoms with Gasteiger partial charge in [-0.05, 0) is 50.0 Å². The van der Waals surface area contributed by atoms with Crippen molar-refractivity contribution < 1.29 is 24.5 Å². The standard InChI is InChI=1S/C18H20O5/c1-18(2)6-5-15(23-18)12-8-11(20)7-10-3-4-14(21)16(17(12)22)13(10)9-19/h3-4,8,15,19,21H,5-7,9H2,1-2H3. The number of Topliss-reactive ketones (excluding diaryl/α,β-unsaturated/α-hetero) is 1. The number of aromatic hydroxyl groups is 1. The van der Waals surface area contributed by atoms with Crippen LogP contribution in [0.1, 0.15) is 48.2 Å². The molecule has 0 aromatic heterocycles. The van der Waals surface area contributed by atoms with Crippen molar-refractivity contribution in [3.8, 4) is 5.75 Å². The van der Waals surface area contributed by atoms with Crippen LogP contribution in [0.5, 0.6) is 5.75 Å². The van der Waals surface area contributed by atoms with Crippen LogP contribution in [-0.2, 0) is 22.6 Å². The molecule has 1 aliphatic carbocycles. The molecule has 1 atom stereocenters. The number of benzene rings is 1. The van der Waals surface area contributed by atoms with E-state index >= 15 is 0 Å². The summed E-state index contributed by atoms with van der Waals surface area (Å²) in [6, 6.07) is 2.97. The second-order valence-corrected chi connectivity index (χ2v) is 6.73. The molecule has 1 aliphatic heterocycles. The third kappa shape index (κ3) is 2.82. The number of phenols is 1. The Bertz CT molecular complexity index is 714. The highest BCUT2D eigenvalue weighted by Gasteiger charge is 2.38. The van der Waals surface area contributed by atoms with E-state index in [2.05, 4.69) is 0 Å². The highest BCUT2D eigenvalue weighted by atomic mass is 16.5. The van der Waals surface area contributed by atoms with E-state index in [-0.39, 0.29) is 34.7 Å². The van der Waals surface area contributed by atoms with Crippen LogP contribution in [0.15, 0.2) is 23.8 Å². The number of hydrogen-bond donors (Lipinski definition) is 2. The number of aliphatic hydroxyl groups excluding tert-OH is 1. The van der Waals surface area contributed by atoms with Gasteiger partial charge in [-0.1, -0.05) is 6.07 Å². The van der Waals surface area contributed by atoms with E-state index in [1.807, 2.05) is 13.8 Å². The van der Waals surface area contributed by atoms with Crippen LogP contribution in [0, 0.1) is 0 Å². The number of phenolic OH excluding ortho intramolecular Hbond substituents is 1. The summed E-state index contributed by atoms with van der Waals surface area (Å²) >= 11 is 0. The van der Waals surface area contributed by atoms with Gasteiger partial charge in [0, 0.05) is 12.0 Å². The van der Waals surface area contributed by atoms with Crippen molar-refractivity contribution in [3.05, 3.63) is 40.5 Å². The quantitative estimate of drug-likeness (QED) is 0.872. The largest absolute Gasteiger partial charge is 0.507 e. The molecule has 1 fully saturated rings. The Morgan fingerprint density at radius 3 is 2.65 bits per heavy atom. The minimum Gasteiger partial charge on any atom is -0.507 e. The zero-order chi connectivity index (χ0) is 16.8. The van der Waals surface area contributed by atoms with Crippen LogP contribution in [0.4, 0.5) is 0 Å². The van der Waals surface area contributed by atoms with Gasteiger partial charge < -0.3 is 14.9 Å². The Kier molecular flexibility index (Phi) is 3.86. The predicted octanol–water partition coefficient (Wildman–Crippen LogP) is 2.08. The lowest BCUT2D eigenvalue weighted by Crippen LogP contribution is -2.26. The summed E-state index contributed by atoms with van der Waals surface area (Å²) in [5.74, 6) is -0.822. The van der Waals surface area contributed by atoms with Gasteiger partial charge in [0.15, 0.2) is 11.6 Å². The van der Waals surface area contributed by atoms with Gasteiger partial charge in [0.05, 0.1) is 23.9 Å². The third-order valence-electron chi connectivity index (χ3n) is 4.53. The molecule has 23 heavy (non-hydrogen) atoms. The maximum absolute atomic E-state index is 12.9. The molecule has 1 saturated heterocycles. The molecule has 1 unspecified atom stereocenters. The van der Waals surface area contributed by atoms with Crippen LogP contribution < -0.4 is 0 Å². The van der Waals surface area contributed by atoms with Gasteiger partial charge in [0.25, 0.3) is 0 Å². The molecule has 2 N–H and O–H groups in total. The van der Waals surface area contributed by atoms with E-state index < -0.39 is 18.5 Å². The van der Waals surface area contributed by atoms with E-state index in [9.17, 15) is 19.8 Å². The van der Waals surface area contributed by atoms with Crippen LogP contribution >= 0.6 is 0 Å². The number of fused-ring (bicyclic) bond motifs is 2. The molecular weight excluding hydrogens is 296 g/mol. The molecule has 122 valence electrons. The van der Waals surface area contributed by atoms with Crippen molar-refractivity contribution in [3.63, 3.8) is 0 Å². The summed E-state index contributed by atoms with van der Waals surface area (Å²) in [5.41, 5.74) is 0.897. The molecule has 1 aromatic carbocycles. The summed E-state index contributed by atoms with van der Waals surface area (Å²) in [7, 11) is 0.